The first-order chi connectivity index (χ1) is 5.70. The molecule has 0 bridgehead atoms. The number of rotatable bonds is 1. The van der Waals surface area contributed by atoms with Crippen LogP contribution in [0.2, 0.25) is 10.0 Å². The second kappa shape index (κ2) is 2.87. The molecular formula is C8H8Cl2N2. The summed E-state index contributed by atoms with van der Waals surface area (Å²) in [7, 11) is 0. The summed E-state index contributed by atoms with van der Waals surface area (Å²) in [5.74, 6) is 0.341. The molecule has 0 spiro atoms. The fraction of sp³-hybridized carbons (Fsp3) is 0.375. The predicted molar refractivity (Wildman–Crippen MR) is 49.6 cm³/mol. The fourth-order valence-corrected chi connectivity index (χ4v) is 1.97. The number of hydrogen-bond acceptors (Lipinski definition) is 2. The van der Waals surface area contributed by atoms with Gasteiger partial charge in [0, 0.05) is 24.4 Å². The number of aromatic nitrogens is 1. The Morgan fingerprint density at radius 2 is 1.83 bits per heavy atom. The molecule has 1 aliphatic carbocycles. The van der Waals surface area contributed by atoms with Crippen LogP contribution in [0.15, 0.2) is 12.4 Å². The van der Waals surface area contributed by atoms with E-state index in [1.54, 1.807) is 12.4 Å². The Balaban J connectivity index is 2.41. The predicted octanol–water partition coefficient (Wildman–Crippen LogP) is 2.20. The van der Waals surface area contributed by atoms with E-state index in [0.29, 0.717) is 16.0 Å². The molecule has 4 heteroatoms. The summed E-state index contributed by atoms with van der Waals surface area (Å²) in [6.45, 7) is 0. The van der Waals surface area contributed by atoms with E-state index >= 15 is 0 Å². The van der Waals surface area contributed by atoms with Crippen LogP contribution in [0.25, 0.3) is 0 Å². The van der Waals surface area contributed by atoms with Gasteiger partial charge < -0.3 is 5.73 Å². The minimum atomic E-state index is 0.224. The minimum absolute atomic E-state index is 0.224. The summed E-state index contributed by atoms with van der Waals surface area (Å²) in [6, 6.07) is 0.224. The molecule has 64 valence electrons. The van der Waals surface area contributed by atoms with Gasteiger partial charge >= 0.3 is 0 Å². The summed E-state index contributed by atoms with van der Waals surface area (Å²) in [4.78, 5) is 3.87. The van der Waals surface area contributed by atoms with Gasteiger partial charge in [-0.2, -0.15) is 0 Å². The van der Waals surface area contributed by atoms with Crippen LogP contribution in [0.3, 0.4) is 0 Å². The quantitative estimate of drug-likeness (QED) is 0.759. The van der Waals surface area contributed by atoms with Crippen molar-refractivity contribution in [3.63, 3.8) is 0 Å². The van der Waals surface area contributed by atoms with E-state index < -0.39 is 0 Å². The highest BCUT2D eigenvalue weighted by Gasteiger charge is 2.37. The maximum atomic E-state index is 5.93. The number of nitrogens with zero attached hydrogens (tertiary/aromatic N) is 1. The summed E-state index contributed by atoms with van der Waals surface area (Å²) >= 11 is 11.9. The largest absolute Gasteiger partial charge is 0.327 e. The maximum absolute atomic E-state index is 5.93. The van der Waals surface area contributed by atoms with Crippen molar-refractivity contribution in [2.24, 2.45) is 5.73 Å². The van der Waals surface area contributed by atoms with E-state index in [1.165, 1.54) is 0 Å². The van der Waals surface area contributed by atoms with Gasteiger partial charge in [0.25, 0.3) is 0 Å². The van der Waals surface area contributed by atoms with Crippen molar-refractivity contribution >= 4 is 23.2 Å². The second-order valence-electron chi connectivity index (χ2n) is 3.02. The smallest absolute Gasteiger partial charge is 0.0639 e. The maximum Gasteiger partial charge on any atom is 0.0639 e. The van der Waals surface area contributed by atoms with Gasteiger partial charge in [-0.15, -0.1) is 0 Å². The van der Waals surface area contributed by atoms with Crippen LogP contribution in [0.1, 0.15) is 17.9 Å². The summed E-state index contributed by atoms with van der Waals surface area (Å²) in [5.41, 5.74) is 6.66. The highest BCUT2D eigenvalue weighted by Crippen LogP contribution is 2.44. The van der Waals surface area contributed by atoms with Crippen molar-refractivity contribution in [3.8, 4) is 0 Å². The van der Waals surface area contributed by atoms with Crippen LogP contribution < -0.4 is 5.73 Å². The van der Waals surface area contributed by atoms with Crippen LogP contribution >= 0.6 is 23.2 Å². The molecule has 1 saturated carbocycles. The second-order valence-corrected chi connectivity index (χ2v) is 3.84. The van der Waals surface area contributed by atoms with Gasteiger partial charge in [-0.25, -0.2) is 0 Å². The first-order valence-electron chi connectivity index (χ1n) is 3.74. The molecule has 2 nitrogen and oxygen atoms in total. The molecule has 1 aromatic rings. The molecule has 2 unspecified atom stereocenters. The third-order valence-corrected chi connectivity index (χ3v) is 2.70. The Bertz CT molecular complexity index is 294. The zero-order valence-electron chi connectivity index (χ0n) is 6.30. The van der Waals surface area contributed by atoms with Crippen LogP contribution in [0, 0.1) is 0 Å². The van der Waals surface area contributed by atoms with Gasteiger partial charge in [-0.1, -0.05) is 23.2 Å². The average Bonchev–Trinajstić information content (AvgIpc) is 2.67. The van der Waals surface area contributed by atoms with E-state index in [9.17, 15) is 0 Å². The topological polar surface area (TPSA) is 38.9 Å². The molecule has 1 fully saturated rings. The third kappa shape index (κ3) is 1.30. The van der Waals surface area contributed by atoms with Gasteiger partial charge in [-0.3, -0.25) is 4.98 Å². The van der Waals surface area contributed by atoms with Gasteiger partial charge in [0.15, 0.2) is 0 Å². The van der Waals surface area contributed by atoms with Crippen molar-refractivity contribution < 1.29 is 0 Å². The number of hydrogen-bond donors (Lipinski definition) is 1. The molecule has 12 heavy (non-hydrogen) atoms. The number of halogens is 2. The normalized spacial score (nSPS) is 27.2. The molecule has 2 rings (SSSR count). The lowest BCUT2D eigenvalue weighted by Gasteiger charge is -2.03. The molecular weight excluding hydrogens is 195 g/mol. The lowest BCUT2D eigenvalue weighted by molar-refractivity contribution is 0.986. The number of pyridine rings is 1. The molecule has 0 radical (unpaired) electrons. The Kier molecular flexibility index (Phi) is 1.99. The first kappa shape index (κ1) is 8.30. The molecule has 0 amide bonds. The SMILES string of the molecule is NC1CC1c1c(Cl)cncc1Cl. The van der Waals surface area contributed by atoms with E-state index in [4.69, 9.17) is 28.9 Å². The summed E-state index contributed by atoms with van der Waals surface area (Å²) < 4.78 is 0. The Hall–Kier alpha value is -0.310. The van der Waals surface area contributed by atoms with Gasteiger partial charge in [-0.05, 0) is 12.0 Å². The van der Waals surface area contributed by atoms with E-state index in [1.807, 2.05) is 0 Å². The lowest BCUT2D eigenvalue weighted by Crippen LogP contribution is -2.01. The highest BCUT2D eigenvalue weighted by molar-refractivity contribution is 6.35. The van der Waals surface area contributed by atoms with Gasteiger partial charge in [0.2, 0.25) is 0 Å². The van der Waals surface area contributed by atoms with Crippen molar-refractivity contribution in [2.75, 3.05) is 0 Å². The lowest BCUT2D eigenvalue weighted by atomic mass is 10.2. The van der Waals surface area contributed by atoms with Gasteiger partial charge in [0.05, 0.1) is 10.0 Å². The fourth-order valence-electron chi connectivity index (χ4n) is 1.32. The van der Waals surface area contributed by atoms with Crippen LogP contribution in [0.5, 0.6) is 0 Å². The van der Waals surface area contributed by atoms with E-state index in [2.05, 4.69) is 4.98 Å². The van der Waals surface area contributed by atoms with Crippen molar-refractivity contribution in [1.29, 1.82) is 0 Å². The number of nitrogens with two attached hydrogens (primary N) is 1. The molecule has 1 heterocycles. The standard InChI is InChI=1S/C8H8Cl2N2/c9-5-2-12-3-6(10)8(5)4-1-7(4)11/h2-4,7H,1,11H2. The Morgan fingerprint density at radius 3 is 2.25 bits per heavy atom. The van der Waals surface area contributed by atoms with E-state index in [0.717, 1.165) is 12.0 Å². The van der Waals surface area contributed by atoms with Crippen molar-refractivity contribution in [2.45, 2.75) is 18.4 Å². The van der Waals surface area contributed by atoms with Gasteiger partial charge in [0.1, 0.15) is 0 Å². The zero-order valence-corrected chi connectivity index (χ0v) is 7.81. The monoisotopic (exact) mass is 202 g/mol. The van der Waals surface area contributed by atoms with Crippen molar-refractivity contribution in [1.82, 2.24) is 4.98 Å². The minimum Gasteiger partial charge on any atom is -0.327 e. The molecule has 2 N–H and O–H groups in total. The average molecular weight is 203 g/mol. The van der Waals surface area contributed by atoms with E-state index in [-0.39, 0.29) is 6.04 Å². The van der Waals surface area contributed by atoms with Crippen molar-refractivity contribution in [3.05, 3.63) is 28.0 Å². The molecule has 0 saturated heterocycles. The van der Waals surface area contributed by atoms with Crippen LogP contribution in [-0.4, -0.2) is 11.0 Å². The Morgan fingerprint density at radius 1 is 1.33 bits per heavy atom. The molecule has 2 atom stereocenters. The highest BCUT2D eigenvalue weighted by atomic mass is 35.5. The summed E-state index contributed by atoms with van der Waals surface area (Å²) in [5, 5.41) is 1.25. The first-order valence-corrected chi connectivity index (χ1v) is 4.50. The third-order valence-electron chi connectivity index (χ3n) is 2.10. The summed E-state index contributed by atoms with van der Waals surface area (Å²) in [6.07, 6.45) is 4.19. The van der Waals surface area contributed by atoms with Crippen LogP contribution in [-0.2, 0) is 0 Å². The Labute approximate surface area is 80.7 Å². The van der Waals surface area contributed by atoms with Crippen LogP contribution in [0.4, 0.5) is 0 Å². The molecule has 0 aromatic carbocycles. The molecule has 1 aromatic heterocycles. The molecule has 1 aliphatic rings. The molecule has 0 aliphatic heterocycles. The zero-order chi connectivity index (χ0) is 8.72.